The maximum Gasteiger partial charge on any atom is 0.261 e. The number of benzene rings is 2. The second-order valence-corrected chi connectivity index (χ2v) is 6.98. The van der Waals surface area contributed by atoms with Crippen LogP contribution in [0.1, 0.15) is 12.8 Å². The molecular formula is C16H17FN2O2S. The van der Waals surface area contributed by atoms with Gasteiger partial charge in [-0.3, -0.25) is 4.72 Å². The van der Waals surface area contributed by atoms with Gasteiger partial charge in [0.2, 0.25) is 0 Å². The molecule has 1 saturated heterocycles. The highest BCUT2D eigenvalue weighted by Crippen LogP contribution is 2.23. The maximum absolute atomic E-state index is 12.9. The number of rotatable bonds is 4. The van der Waals surface area contributed by atoms with Gasteiger partial charge in [-0.1, -0.05) is 0 Å². The van der Waals surface area contributed by atoms with E-state index >= 15 is 0 Å². The first-order valence-electron chi connectivity index (χ1n) is 7.18. The molecule has 1 heterocycles. The van der Waals surface area contributed by atoms with Crippen LogP contribution in [0.3, 0.4) is 0 Å². The van der Waals surface area contributed by atoms with Crippen molar-refractivity contribution in [3.63, 3.8) is 0 Å². The summed E-state index contributed by atoms with van der Waals surface area (Å²) in [6, 6.07) is 12.1. The summed E-state index contributed by atoms with van der Waals surface area (Å²) in [7, 11) is -3.69. The van der Waals surface area contributed by atoms with E-state index in [4.69, 9.17) is 0 Å². The standard InChI is InChI=1S/C16H17FN2O2S/c17-13-3-9-16(10-4-13)22(20,21)18-14-5-7-15(8-6-14)19-11-1-2-12-19/h3-10,18H,1-2,11-12H2. The van der Waals surface area contributed by atoms with Crippen molar-refractivity contribution >= 4 is 21.4 Å². The summed E-state index contributed by atoms with van der Waals surface area (Å²) in [6.45, 7) is 2.08. The summed E-state index contributed by atoms with van der Waals surface area (Å²) in [6.07, 6.45) is 2.39. The quantitative estimate of drug-likeness (QED) is 0.941. The van der Waals surface area contributed by atoms with Gasteiger partial charge in [0.15, 0.2) is 0 Å². The molecule has 0 radical (unpaired) electrons. The Kier molecular flexibility index (Phi) is 4.02. The van der Waals surface area contributed by atoms with Crippen LogP contribution < -0.4 is 9.62 Å². The molecule has 22 heavy (non-hydrogen) atoms. The predicted molar refractivity (Wildman–Crippen MR) is 85.1 cm³/mol. The molecule has 3 rings (SSSR count). The van der Waals surface area contributed by atoms with E-state index in [9.17, 15) is 12.8 Å². The van der Waals surface area contributed by atoms with E-state index in [0.29, 0.717) is 5.69 Å². The van der Waals surface area contributed by atoms with Crippen LogP contribution in [-0.4, -0.2) is 21.5 Å². The molecule has 2 aromatic rings. The van der Waals surface area contributed by atoms with E-state index in [1.165, 1.54) is 25.0 Å². The van der Waals surface area contributed by atoms with Crippen molar-refractivity contribution in [3.05, 3.63) is 54.3 Å². The van der Waals surface area contributed by atoms with E-state index in [-0.39, 0.29) is 4.90 Å². The van der Waals surface area contributed by atoms with Crippen molar-refractivity contribution < 1.29 is 12.8 Å². The van der Waals surface area contributed by atoms with Gasteiger partial charge >= 0.3 is 0 Å². The van der Waals surface area contributed by atoms with Crippen molar-refractivity contribution in [2.24, 2.45) is 0 Å². The third-order valence-electron chi connectivity index (χ3n) is 3.71. The lowest BCUT2D eigenvalue weighted by Crippen LogP contribution is -2.17. The molecule has 0 unspecified atom stereocenters. The molecule has 0 saturated carbocycles. The zero-order valence-corrected chi connectivity index (χ0v) is 12.8. The predicted octanol–water partition coefficient (Wildman–Crippen LogP) is 3.23. The topological polar surface area (TPSA) is 49.4 Å². The van der Waals surface area contributed by atoms with Crippen LogP contribution in [0.25, 0.3) is 0 Å². The van der Waals surface area contributed by atoms with Crippen molar-refractivity contribution in [3.8, 4) is 0 Å². The second kappa shape index (κ2) is 5.96. The Bertz CT molecular complexity index is 737. The zero-order chi connectivity index (χ0) is 15.6. The first-order valence-corrected chi connectivity index (χ1v) is 8.66. The third kappa shape index (κ3) is 3.22. The van der Waals surface area contributed by atoms with Crippen LogP contribution in [0.4, 0.5) is 15.8 Å². The highest BCUT2D eigenvalue weighted by molar-refractivity contribution is 7.92. The molecule has 6 heteroatoms. The number of nitrogens with one attached hydrogen (secondary N) is 1. The molecule has 1 aliphatic rings. The Morgan fingerprint density at radius 3 is 2.09 bits per heavy atom. The molecule has 0 aliphatic carbocycles. The average Bonchev–Trinajstić information content (AvgIpc) is 3.02. The first kappa shape index (κ1) is 14.8. The van der Waals surface area contributed by atoms with Gasteiger partial charge in [-0.25, -0.2) is 12.8 Å². The maximum atomic E-state index is 12.9. The fourth-order valence-corrected chi connectivity index (χ4v) is 3.60. The number of hydrogen-bond acceptors (Lipinski definition) is 3. The van der Waals surface area contributed by atoms with Crippen LogP contribution in [0, 0.1) is 5.82 Å². The molecule has 0 aromatic heterocycles. The largest absolute Gasteiger partial charge is 0.372 e. The van der Waals surface area contributed by atoms with E-state index in [0.717, 1.165) is 30.9 Å². The van der Waals surface area contributed by atoms with Crippen molar-refractivity contribution in [1.29, 1.82) is 0 Å². The molecule has 0 bridgehead atoms. The smallest absolute Gasteiger partial charge is 0.261 e. The van der Waals surface area contributed by atoms with Gasteiger partial charge < -0.3 is 4.90 Å². The van der Waals surface area contributed by atoms with Crippen LogP contribution in [0.5, 0.6) is 0 Å². The SMILES string of the molecule is O=S(=O)(Nc1ccc(N2CCCC2)cc1)c1ccc(F)cc1. The van der Waals surface area contributed by atoms with E-state index < -0.39 is 15.8 Å². The van der Waals surface area contributed by atoms with Crippen molar-refractivity contribution in [2.75, 3.05) is 22.7 Å². The number of halogens is 1. The molecule has 2 aromatic carbocycles. The van der Waals surface area contributed by atoms with Crippen molar-refractivity contribution in [1.82, 2.24) is 0 Å². The molecule has 0 atom stereocenters. The fraction of sp³-hybridized carbons (Fsp3) is 0.250. The fourth-order valence-electron chi connectivity index (χ4n) is 2.54. The number of sulfonamides is 1. The van der Waals surface area contributed by atoms with Gasteiger partial charge in [-0.15, -0.1) is 0 Å². The molecule has 1 fully saturated rings. The third-order valence-corrected chi connectivity index (χ3v) is 5.11. The molecule has 116 valence electrons. The van der Waals surface area contributed by atoms with Crippen LogP contribution in [-0.2, 0) is 10.0 Å². The first-order chi connectivity index (χ1) is 10.5. The molecule has 1 aliphatic heterocycles. The lowest BCUT2D eigenvalue weighted by atomic mass is 10.2. The zero-order valence-electron chi connectivity index (χ0n) is 12.0. The average molecular weight is 320 g/mol. The molecule has 0 amide bonds. The van der Waals surface area contributed by atoms with E-state index in [1.54, 1.807) is 12.1 Å². The Morgan fingerprint density at radius 2 is 1.50 bits per heavy atom. The van der Waals surface area contributed by atoms with Crippen molar-refractivity contribution in [2.45, 2.75) is 17.7 Å². The highest BCUT2D eigenvalue weighted by atomic mass is 32.2. The minimum absolute atomic E-state index is 0.0394. The van der Waals surface area contributed by atoms with Gasteiger partial charge in [-0.05, 0) is 61.4 Å². The Labute approximate surface area is 129 Å². The summed E-state index contributed by atoms with van der Waals surface area (Å²) in [4.78, 5) is 2.32. The summed E-state index contributed by atoms with van der Waals surface area (Å²) in [5.74, 6) is -0.464. The molecule has 0 spiro atoms. The summed E-state index contributed by atoms with van der Waals surface area (Å²) in [5.41, 5.74) is 1.59. The lowest BCUT2D eigenvalue weighted by molar-refractivity contribution is 0.599. The van der Waals surface area contributed by atoms with Gasteiger partial charge in [0.05, 0.1) is 4.90 Å². The Morgan fingerprint density at radius 1 is 0.909 bits per heavy atom. The monoisotopic (exact) mass is 320 g/mol. The normalized spacial score (nSPS) is 15.0. The Balaban J connectivity index is 1.75. The summed E-state index contributed by atoms with van der Waals surface area (Å²) in [5, 5.41) is 0. The van der Waals surface area contributed by atoms with Gasteiger partial charge in [-0.2, -0.15) is 0 Å². The number of nitrogens with zero attached hydrogens (tertiary/aromatic N) is 1. The Hall–Kier alpha value is -2.08. The molecular weight excluding hydrogens is 303 g/mol. The van der Waals surface area contributed by atoms with Gasteiger partial charge in [0.25, 0.3) is 10.0 Å². The summed E-state index contributed by atoms with van der Waals surface area (Å²) >= 11 is 0. The molecule has 4 nitrogen and oxygen atoms in total. The van der Waals surface area contributed by atoms with E-state index in [2.05, 4.69) is 9.62 Å². The number of anilines is 2. The number of hydrogen-bond donors (Lipinski definition) is 1. The van der Waals surface area contributed by atoms with E-state index in [1.807, 2.05) is 12.1 Å². The lowest BCUT2D eigenvalue weighted by Gasteiger charge is -2.18. The minimum Gasteiger partial charge on any atom is -0.372 e. The van der Waals surface area contributed by atoms with Crippen LogP contribution in [0.2, 0.25) is 0 Å². The van der Waals surface area contributed by atoms with Crippen LogP contribution in [0.15, 0.2) is 53.4 Å². The highest BCUT2D eigenvalue weighted by Gasteiger charge is 2.15. The van der Waals surface area contributed by atoms with Gasteiger partial charge in [0.1, 0.15) is 5.82 Å². The molecule has 1 N–H and O–H groups in total. The van der Waals surface area contributed by atoms with Gasteiger partial charge in [0, 0.05) is 24.5 Å². The van der Waals surface area contributed by atoms with Crippen LogP contribution >= 0.6 is 0 Å². The second-order valence-electron chi connectivity index (χ2n) is 5.30. The minimum atomic E-state index is -3.69. The summed E-state index contributed by atoms with van der Waals surface area (Å²) < 4.78 is 39.8.